The van der Waals surface area contributed by atoms with Crippen molar-refractivity contribution < 1.29 is 28.6 Å². The van der Waals surface area contributed by atoms with Crippen LogP contribution in [0.25, 0.3) is 0 Å². The summed E-state index contributed by atoms with van der Waals surface area (Å²) in [6, 6.07) is 10.00. The van der Waals surface area contributed by atoms with E-state index in [1.165, 1.54) is 36.6 Å². The summed E-state index contributed by atoms with van der Waals surface area (Å²) in [5.41, 5.74) is 2.08. The number of rotatable bonds is 8. The van der Waals surface area contributed by atoms with Gasteiger partial charge in [0.25, 0.3) is 0 Å². The fraction of sp³-hybridized carbons (Fsp3) is 0.323. The zero-order valence-corrected chi connectivity index (χ0v) is 26.1. The number of hydrogen-bond acceptors (Lipinski definition) is 9. The molecule has 11 nitrogen and oxygen atoms in total. The number of urea groups is 1. The zero-order valence-electron chi connectivity index (χ0n) is 24.5. The first-order valence-electron chi connectivity index (χ1n) is 14.2. The van der Waals surface area contributed by atoms with Crippen molar-refractivity contribution >= 4 is 52.4 Å². The number of nitrogens with zero attached hydrogens (tertiary/aromatic N) is 5. The maximum Gasteiger partial charge on any atom is 0.338 e. The number of carboxylic acid groups (broad SMARTS) is 1. The number of carbonyl (C=O) groups excluding carboxylic acids is 2. The van der Waals surface area contributed by atoms with E-state index in [-0.39, 0.29) is 23.0 Å². The maximum absolute atomic E-state index is 14.0. The monoisotopic (exact) mass is 652 g/mol. The summed E-state index contributed by atoms with van der Waals surface area (Å²) in [4.78, 5) is 52.8. The number of hydrogen-bond donors (Lipinski definition) is 2. The van der Waals surface area contributed by atoms with Gasteiger partial charge in [-0.3, -0.25) is 19.6 Å². The van der Waals surface area contributed by atoms with E-state index in [0.29, 0.717) is 66.1 Å². The van der Waals surface area contributed by atoms with Crippen LogP contribution in [-0.4, -0.2) is 89.1 Å². The van der Waals surface area contributed by atoms with Gasteiger partial charge in [-0.05, 0) is 36.8 Å². The molecule has 1 aromatic heterocycles. The minimum Gasteiger partial charge on any atom is -0.481 e. The van der Waals surface area contributed by atoms with Crippen molar-refractivity contribution in [1.82, 2.24) is 20.1 Å². The average molecular weight is 653 g/mol. The highest BCUT2D eigenvalue weighted by Crippen LogP contribution is 2.38. The van der Waals surface area contributed by atoms with Crippen LogP contribution in [-0.2, 0) is 20.7 Å². The molecule has 14 heteroatoms. The number of fused-ring (bicyclic) bond motifs is 1. The van der Waals surface area contributed by atoms with E-state index in [1.807, 2.05) is 17.2 Å². The number of nitrogens with one attached hydrogen (secondary N) is 1. The number of aliphatic imine (C=N–C) groups is 1. The molecule has 2 fully saturated rings. The molecule has 0 spiro atoms. The molecule has 6 rings (SSSR count). The van der Waals surface area contributed by atoms with Crippen LogP contribution < -0.4 is 10.2 Å². The third kappa shape index (κ3) is 6.02. The number of thiazole rings is 1. The Labute approximate surface area is 267 Å². The normalized spacial score (nSPS) is 21.8. The molecule has 234 valence electrons. The van der Waals surface area contributed by atoms with Crippen molar-refractivity contribution in [1.29, 1.82) is 0 Å². The third-order valence-corrected chi connectivity index (χ3v) is 9.33. The van der Waals surface area contributed by atoms with Gasteiger partial charge in [0.05, 0.1) is 31.2 Å². The molecule has 2 aromatic carbocycles. The summed E-state index contributed by atoms with van der Waals surface area (Å²) < 4.78 is 19.2. The average Bonchev–Trinajstić information content (AvgIpc) is 3.63. The van der Waals surface area contributed by atoms with Gasteiger partial charge in [-0.25, -0.2) is 19.0 Å². The van der Waals surface area contributed by atoms with Gasteiger partial charge in [-0.2, -0.15) is 0 Å². The molecular weight excluding hydrogens is 623 g/mol. The molecule has 0 aliphatic carbocycles. The molecule has 2 atom stereocenters. The number of anilines is 1. The van der Waals surface area contributed by atoms with Crippen molar-refractivity contribution in [2.24, 2.45) is 4.99 Å². The molecule has 0 saturated carbocycles. The van der Waals surface area contributed by atoms with E-state index in [2.05, 4.69) is 15.2 Å². The maximum atomic E-state index is 14.0. The summed E-state index contributed by atoms with van der Waals surface area (Å²) >= 11 is 7.86. The van der Waals surface area contributed by atoms with Gasteiger partial charge >= 0.3 is 18.0 Å². The van der Waals surface area contributed by atoms with Gasteiger partial charge in [0.15, 0.2) is 10.8 Å². The van der Waals surface area contributed by atoms with Crippen molar-refractivity contribution in [3.8, 4) is 0 Å². The second kappa shape index (κ2) is 12.2. The predicted octanol–water partition coefficient (Wildman–Crippen LogP) is 4.10. The number of amidine groups is 1. The van der Waals surface area contributed by atoms with E-state index in [0.717, 1.165) is 0 Å². The summed E-state index contributed by atoms with van der Waals surface area (Å²) in [5.74, 6) is -1.56. The Bertz CT molecular complexity index is 1720. The highest BCUT2D eigenvalue weighted by atomic mass is 35.5. The van der Waals surface area contributed by atoms with Gasteiger partial charge in [0.2, 0.25) is 0 Å². The first-order chi connectivity index (χ1) is 21.6. The molecule has 3 aliphatic heterocycles. The number of ether oxygens (including phenoxy) is 1. The fourth-order valence-corrected chi connectivity index (χ4v) is 7.03. The van der Waals surface area contributed by atoms with Gasteiger partial charge < -0.3 is 20.1 Å². The van der Waals surface area contributed by atoms with Crippen molar-refractivity contribution in [3.05, 3.63) is 92.3 Å². The number of methoxy groups -OCH3 is 1. The van der Waals surface area contributed by atoms with E-state index >= 15 is 0 Å². The van der Waals surface area contributed by atoms with E-state index < -0.39 is 29.3 Å². The van der Waals surface area contributed by atoms with E-state index in [9.17, 15) is 18.8 Å². The number of piperazine rings is 1. The third-order valence-electron chi connectivity index (χ3n) is 8.22. The molecule has 0 bridgehead atoms. The standard InChI is InChI=1S/C31H30ClFN6O5S/c1-31-16-37(10-11-39(31)30(43)38(17-31)20-6-3-18(4-7-20)13-24(40)41)15-23-25(29(42)44-2)26(21-8-5-19(33)14-22(21)32)36-27(35-23)28-34-9-12-45-28/h3-9,12,14,26H,10-11,13,15-17H2,1-2H3,(H,35,36)(H,40,41). The Morgan fingerprint density at radius 3 is 2.64 bits per heavy atom. The van der Waals surface area contributed by atoms with Crippen molar-refractivity contribution in [2.45, 2.75) is 24.9 Å². The Morgan fingerprint density at radius 1 is 1.20 bits per heavy atom. The molecular formula is C31H30ClFN6O5S. The second-order valence-electron chi connectivity index (χ2n) is 11.4. The van der Waals surface area contributed by atoms with Gasteiger partial charge in [-0.15, -0.1) is 11.3 Å². The number of aliphatic carboxylic acids is 1. The molecule has 3 aliphatic rings. The number of carbonyl (C=O) groups is 3. The van der Waals surface area contributed by atoms with Crippen LogP contribution in [0, 0.1) is 5.82 Å². The topological polar surface area (TPSA) is 128 Å². The molecule has 4 heterocycles. The summed E-state index contributed by atoms with van der Waals surface area (Å²) in [5, 5.41) is 15.0. The van der Waals surface area contributed by atoms with Crippen LogP contribution in [0.4, 0.5) is 14.9 Å². The SMILES string of the molecule is COC(=O)C1=C(CN2CCN3C(=O)N(c4ccc(CC(=O)O)cc4)CC3(C)C2)NC(c2nccs2)=NC1c1ccc(F)cc1Cl. The Morgan fingerprint density at radius 2 is 1.98 bits per heavy atom. The van der Waals surface area contributed by atoms with E-state index in [1.54, 1.807) is 35.4 Å². The van der Waals surface area contributed by atoms with Gasteiger partial charge in [0, 0.05) is 59.7 Å². The largest absolute Gasteiger partial charge is 0.481 e. The first kappa shape index (κ1) is 30.7. The lowest BCUT2D eigenvalue weighted by atomic mass is 9.94. The molecule has 2 saturated heterocycles. The minimum atomic E-state index is -0.917. The number of carboxylic acids is 1. The summed E-state index contributed by atoms with van der Waals surface area (Å²) in [7, 11) is 1.29. The Hall–Kier alpha value is -4.33. The summed E-state index contributed by atoms with van der Waals surface area (Å²) in [6.07, 6.45) is 1.57. The van der Waals surface area contributed by atoms with Crippen molar-refractivity contribution in [3.63, 3.8) is 0 Å². The number of esters is 1. The van der Waals surface area contributed by atoms with Crippen LogP contribution in [0.15, 0.2) is 70.3 Å². The lowest BCUT2D eigenvalue weighted by Crippen LogP contribution is -2.60. The van der Waals surface area contributed by atoms with Gasteiger partial charge in [-0.1, -0.05) is 29.8 Å². The van der Waals surface area contributed by atoms with Crippen LogP contribution in [0.1, 0.15) is 29.1 Å². The highest BCUT2D eigenvalue weighted by molar-refractivity contribution is 7.11. The Kier molecular flexibility index (Phi) is 8.33. The predicted molar refractivity (Wildman–Crippen MR) is 167 cm³/mol. The number of amides is 2. The van der Waals surface area contributed by atoms with Crippen molar-refractivity contribution in [2.75, 3.05) is 44.7 Å². The zero-order chi connectivity index (χ0) is 31.9. The van der Waals surface area contributed by atoms with Crippen LogP contribution >= 0.6 is 22.9 Å². The number of halogens is 2. The summed E-state index contributed by atoms with van der Waals surface area (Å²) in [6.45, 7) is 4.28. The molecule has 45 heavy (non-hydrogen) atoms. The highest BCUT2D eigenvalue weighted by Gasteiger charge is 2.50. The lowest BCUT2D eigenvalue weighted by Gasteiger charge is -2.44. The lowest BCUT2D eigenvalue weighted by molar-refractivity contribution is -0.137. The molecule has 2 unspecified atom stereocenters. The second-order valence-corrected chi connectivity index (χ2v) is 12.7. The van der Waals surface area contributed by atoms with Crippen LogP contribution in [0.5, 0.6) is 0 Å². The fourth-order valence-electron chi connectivity index (χ4n) is 6.17. The Balaban J connectivity index is 1.29. The minimum absolute atomic E-state index is 0.0896. The molecule has 2 N–H and O–H groups in total. The quantitative estimate of drug-likeness (QED) is 0.349. The number of aromatic nitrogens is 1. The first-order valence-corrected chi connectivity index (χ1v) is 15.5. The van der Waals surface area contributed by atoms with E-state index in [4.69, 9.17) is 26.4 Å². The molecule has 0 radical (unpaired) electrons. The van der Waals surface area contributed by atoms with Gasteiger partial charge in [0.1, 0.15) is 11.9 Å². The molecule has 3 aromatic rings. The smallest absolute Gasteiger partial charge is 0.338 e. The van der Waals surface area contributed by atoms with Crippen LogP contribution in [0.2, 0.25) is 5.02 Å². The van der Waals surface area contributed by atoms with Crippen LogP contribution in [0.3, 0.4) is 0 Å². The number of benzene rings is 2. The molecule has 2 amide bonds.